The maximum atomic E-state index is 12.8. The van der Waals surface area contributed by atoms with Crippen LogP contribution in [0.3, 0.4) is 0 Å². The van der Waals surface area contributed by atoms with E-state index < -0.39 is 0 Å². The largest absolute Gasteiger partial charge is 0.355 e. The SMILES string of the molecule is Cc1ncccc1C(=O)c1cccc(N2CCCN(C(=O)C(C)C)CC2)n1. The van der Waals surface area contributed by atoms with Crippen LogP contribution < -0.4 is 4.90 Å². The Hall–Kier alpha value is -2.76. The summed E-state index contributed by atoms with van der Waals surface area (Å²) in [5, 5.41) is 0. The van der Waals surface area contributed by atoms with Crippen LogP contribution >= 0.6 is 0 Å². The Balaban J connectivity index is 1.77. The Morgan fingerprint density at radius 2 is 1.85 bits per heavy atom. The number of aryl methyl sites for hydroxylation is 1. The molecule has 3 rings (SSSR count). The van der Waals surface area contributed by atoms with Gasteiger partial charge in [0.15, 0.2) is 0 Å². The van der Waals surface area contributed by atoms with E-state index in [1.807, 2.05) is 37.8 Å². The van der Waals surface area contributed by atoms with E-state index in [0.29, 0.717) is 23.5 Å². The normalized spacial score (nSPS) is 15.0. The third-order valence-corrected chi connectivity index (χ3v) is 4.84. The van der Waals surface area contributed by atoms with Crippen molar-refractivity contribution < 1.29 is 9.59 Å². The zero-order valence-corrected chi connectivity index (χ0v) is 16.2. The quantitative estimate of drug-likeness (QED) is 0.779. The molecule has 0 spiro atoms. The molecule has 3 heterocycles. The summed E-state index contributed by atoms with van der Waals surface area (Å²) < 4.78 is 0. The van der Waals surface area contributed by atoms with E-state index in [-0.39, 0.29) is 17.6 Å². The third kappa shape index (κ3) is 4.32. The van der Waals surface area contributed by atoms with Crippen molar-refractivity contribution in [3.63, 3.8) is 0 Å². The molecule has 0 aromatic carbocycles. The number of carbonyl (C=O) groups excluding carboxylic acids is 2. The predicted molar refractivity (Wildman–Crippen MR) is 105 cm³/mol. The van der Waals surface area contributed by atoms with Gasteiger partial charge in [-0.15, -0.1) is 0 Å². The zero-order chi connectivity index (χ0) is 19.4. The van der Waals surface area contributed by atoms with Crippen LogP contribution in [0.15, 0.2) is 36.5 Å². The van der Waals surface area contributed by atoms with Gasteiger partial charge in [-0.3, -0.25) is 14.6 Å². The highest BCUT2D eigenvalue weighted by Crippen LogP contribution is 2.18. The molecule has 2 aromatic rings. The van der Waals surface area contributed by atoms with Crippen LogP contribution in [0.1, 0.15) is 42.0 Å². The molecule has 0 atom stereocenters. The van der Waals surface area contributed by atoms with Crippen LogP contribution in [-0.2, 0) is 4.79 Å². The van der Waals surface area contributed by atoms with E-state index in [9.17, 15) is 9.59 Å². The molecule has 0 unspecified atom stereocenters. The Morgan fingerprint density at radius 1 is 1.04 bits per heavy atom. The van der Waals surface area contributed by atoms with Crippen molar-refractivity contribution in [1.82, 2.24) is 14.9 Å². The lowest BCUT2D eigenvalue weighted by Crippen LogP contribution is -2.37. The number of hydrogen-bond donors (Lipinski definition) is 0. The van der Waals surface area contributed by atoms with Crippen LogP contribution in [-0.4, -0.2) is 52.7 Å². The number of pyridine rings is 2. The molecule has 0 bridgehead atoms. The lowest BCUT2D eigenvalue weighted by Gasteiger charge is -2.24. The van der Waals surface area contributed by atoms with Gasteiger partial charge in [0.05, 0.1) is 0 Å². The first-order valence-electron chi connectivity index (χ1n) is 9.44. The van der Waals surface area contributed by atoms with Gasteiger partial charge < -0.3 is 9.80 Å². The molecule has 1 aliphatic heterocycles. The molecule has 2 aromatic heterocycles. The van der Waals surface area contributed by atoms with Crippen LogP contribution in [0.2, 0.25) is 0 Å². The van der Waals surface area contributed by atoms with E-state index in [1.54, 1.807) is 24.4 Å². The van der Waals surface area contributed by atoms with Crippen LogP contribution in [0.4, 0.5) is 5.82 Å². The minimum atomic E-state index is -0.117. The smallest absolute Gasteiger partial charge is 0.225 e. The predicted octanol–water partition coefficient (Wildman–Crippen LogP) is 2.71. The summed E-state index contributed by atoms with van der Waals surface area (Å²) in [7, 11) is 0. The van der Waals surface area contributed by atoms with Crippen molar-refractivity contribution in [1.29, 1.82) is 0 Å². The fourth-order valence-electron chi connectivity index (χ4n) is 3.32. The molecule has 0 aliphatic carbocycles. The molecule has 27 heavy (non-hydrogen) atoms. The number of amides is 1. The average Bonchev–Trinajstić information content (AvgIpc) is 2.93. The Labute approximate surface area is 160 Å². The fraction of sp³-hybridized carbons (Fsp3) is 0.429. The maximum Gasteiger partial charge on any atom is 0.225 e. The van der Waals surface area contributed by atoms with Crippen molar-refractivity contribution in [3.05, 3.63) is 53.5 Å². The first kappa shape index (κ1) is 19.0. The summed E-state index contributed by atoms with van der Waals surface area (Å²) >= 11 is 0. The number of nitrogens with zero attached hydrogens (tertiary/aromatic N) is 4. The summed E-state index contributed by atoms with van der Waals surface area (Å²) in [6.07, 6.45) is 2.57. The van der Waals surface area contributed by atoms with Gasteiger partial charge >= 0.3 is 0 Å². The highest BCUT2D eigenvalue weighted by Gasteiger charge is 2.22. The van der Waals surface area contributed by atoms with E-state index in [0.717, 1.165) is 31.9 Å². The Kier molecular flexibility index (Phi) is 5.84. The van der Waals surface area contributed by atoms with Gasteiger partial charge in [0.2, 0.25) is 11.7 Å². The molecule has 0 saturated carbocycles. The van der Waals surface area contributed by atoms with Crippen LogP contribution in [0.25, 0.3) is 0 Å². The van der Waals surface area contributed by atoms with Crippen molar-refractivity contribution in [2.75, 3.05) is 31.1 Å². The van der Waals surface area contributed by atoms with Gasteiger partial charge in [-0.1, -0.05) is 19.9 Å². The molecule has 1 saturated heterocycles. The van der Waals surface area contributed by atoms with Crippen molar-refractivity contribution in [2.24, 2.45) is 5.92 Å². The van der Waals surface area contributed by atoms with E-state index >= 15 is 0 Å². The monoisotopic (exact) mass is 366 g/mol. The Morgan fingerprint density at radius 3 is 2.59 bits per heavy atom. The van der Waals surface area contributed by atoms with Gasteiger partial charge in [-0.05, 0) is 37.6 Å². The number of aromatic nitrogens is 2. The number of anilines is 1. The maximum absolute atomic E-state index is 12.8. The zero-order valence-electron chi connectivity index (χ0n) is 16.2. The third-order valence-electron chi connectivity index (χ3n) is 4.84. The lowest BCUT2D eigenvalue weighted by molar-refractivity contribution is -0.134. The number of ketones is 1. The Bertz CT molecular complexity index is 834. The minimum Gasteiger partial charge on any atom is -0.355 e. The number of rotatable bonds is 4. The second-order valence-electron chi connectivity index (χ2n) is 7.17. The lowest BCUT2D eigenvalue weighted by atomic mass is 10.1. The number of hydrogen-bond acceptors (Lipinski definition) is 5. The molecule has 1 aliphatic rings. The van der Waals surface area contributed by atoms with Gasteiger partial charge in [-0.2, -0.15) is 0 Å². The van der Waals surface area contributed by atoms with Crippen molar-refractivity contribution in [3.8, 4) is 0 Å². The molecule has 1 amide bonds. The summed E-state index contributed by atoms with van der Waals surface area (Å²) in [6, 6.07) is 9.07. The summed E-state index contributed by atoms with van der Waals surface area (Å²) in [6.45, 7) is 8.67. The minimum absolute atomic E-state index is 0.0124. The van der Waals surface area contributed by atoms with E-state index in [1.165, 1.54) is 0 Å². The summed E-state index contributed by atoms with van der Waals surface area (Å²) in [5.74, 6) is 0.870. The van der Waals surface area contributed by atoms with Gasteiger partial charge in [-0.25, -0.2) is 4.98 Å². The summed E-state index contributed by atoms with van der Waals surface area (Å²) in [5.41, 5.74) is 1.70. The molecule has 1 fully saturated rings. The standard InChI is InChI=1S/C21H26N4O2/c1-15(2)21(27)25-12-6-11-24(13-14-25)19-9-4-8-18(23-19)20(26)17-7-5-10-22-16(17)3/h4-5,7-10,15H,6,11-14H2,1-3H3. The fourth-order valence-corrected chi connectivity index (χ4v) is 3.32. The van der Waals surface area contributed by atoms with Gasteiger partial charge in [0, 0.05) is 49.6 Å². The second-order valence-corrected chi connectivity index (χ2v) is 7.17. The molecule has 6 nitrogen and oxygen atoms in total. The average molecular weight is 366 g/mol. The molecular formula is C21H26N4O2. The highest BCUT2D eigenvalue weighted by molar-refractivity contribution is 6.08. The molecular weight excluding hydrogens is 340 g/mol. The van der Waals surface area contributed by atoms with Crippen molar-refractivity contribution >= 4 is 17.5 Å². The first-order valence-corrected chi connectivity index (χ1v) is 9.44. The molecule has 0 radical (unpaired) electrons. The first-order chi connectivity index (χ1) is 13.0. The molecule has 142 valence electrons. The topological polar surface area (TPSA) is 66.4 Å². The molecule has 6 heteroatoms. The van der Waals surface area contributed by atoms with Gasteiger partial charge in [0.25, 0.3) is 0 Å². The van der Waals surface area contributed by atoms with Gasteiger partial charge in [0.1, 0.15) is 11.5 Å². The van der Waals surface area contributed by atoms with E-state index in [2.05, 4.69) is 14.9 Å². The van der Waals surface area contributed by atoms with Crippen LogP contribution in [0, 0.1) is 12.8 Å². The highest BCUT2D eigenvalue weighted by atomic mass is 16.2. The number of carbonyl (C=O) groups is 2. The summed E-state index contributed by atoms with van der Waals surface area (Å²) in [4.78, 5) is 38.0. The second kappa shape index (κ2) is 8.29. The van der Waals surface area contributed by atoms with Crippen molar-refractivity contribution in [2.45, 2.75) is 27.2 Å². The van der Waals surface area contributed by atoms with E-state index in [4.69, 9.17) is 0 Å². The van der Waals surface area contributed by atoms with Crippen LogP contribution in [0.5, 0.6) is 0 Å². The molecule has 0 N–H and O–H groups in total.